The maximum atomic E-state index is 14.2. The third-order valence-corrected chi connectivity index (χ3v) is 9.02. The average Bonchev–Trinajstić information content (AvgIpc) is 3.55. The minimum atomic E-state index is -0.392. The summed E-state index contributed by atoms with van der Waals surface area (Å²) in [5.41, 5.74) is 1.45. The summed E-state index contributed by atoms with van der Waals surface area (Å²) in [6, 6.07) is 5.63. The maximum Gasteiger partial charge on any atom is 0.414 e. The summed E-state index contributed by atoms with van der Waals surface area (Å²) >= 11 is 0. The van der Waals surface area contributed by atoms with Crippen molar-refractivity contribution in [2.24, 2.45) is 0 Å². The van der Waals surface area contributed by atoms with E-state index in [1.807, 2.05) is 4.90 Å². The summed E-state index contributed by atoms with van der Waals surface area (Å²) in [6.45, 7) is 3.51. The molecule has 3 atom stereocenters. The van der Waals surface area contributed by atoms with Gasteiger partial charge in [-0.3, -0.25) is 4.90 Å². The normalized spacial score (nSPS) is 31.6. The van der Waals surface area contributed by atoms with Crippen LogP contribution in [0.25, 0.3) is 0 Å². The molecule has 192 valence electrons. The smallest absolute Gasteiger partial charge is 0.414 e. The molecular formula is C26H36FN3O5. The monoisotopic (exact) mass is 489 g/mol. The van der Waals surface area contributed by atoms with Crippen molar-refractivity contribution in [3.63, 3.8) is 0 Å². The highest BCUT2D eigenvalue weighted by molar-refractivity contribution is 5.91. The third-order valence-electron chi connectivity index (χ3n) is 9.02. The number of fused-ring (bicyclic) bond motifs is 4. The van der Waals surface area contributed by atoms with Crippen LogP contribution in [0.2, 0.25) is 0 Å². The zero-order valence-corrected chi connectivity index (χ0v) is 20.3. The Balaban J connectivity index is 0.00000267. The van der Waals surface area contributed by atoms with Gasteiger partial charge in [-0.15, -0.1) is 0 Å². The van der Waals surface area contributed by atoms with Gasteiger partial charge in [0.2, 0.25) is 0 Å². The van der Waals surface area contributed by atoms with Crippen LogP contribution in [-0.4, -0.2) is 86.2 Å². The van der Waals surface area contributed by atoms with Crippen molar-refractivity contribution >= 4 is 17.9 Å². The van der Waals surface area contributed by atoms with Gasteiger partial charge in [0.05, 0.1) is 26.0 Å². The third kappa shape index (κ3) is 3.96. The van der Waals surface area contributed by atoms with Crippen LogP contribution in [0.4, 0.5) is 19.7 Å². The van der Waals surface area contributed by atoms with Crippen LogP contribution < -0.4 is 4.90 Å². The van der Waals surface area contributed by atoms with Crippen molar-refractivity contribution < 1.29 is 29.6 Å². The minimum Gasteiger partial charge on any atom is -0.452 e. The minimum absolute atomic E-state index is 0. The van der Waals surface area contributed by atoms with Crippen molar-refractivity contribution in [3.05, 3.63) is 29.6 Å². The Morgan fingerprint density at radius 3 is 2.49 bits per heavy atom. The molecule has 0 saturated carbocycles. The number of benzene rings is 1. The molecule has 8 nitrogen and oxygen atoms in total. The van der Waals surface area contributed by atoms with E-state index in [1.165, 1.54) is 13.2 Å². The number of nitrogens with zero attached hydrogens (tertiary/aromatic N) is 3. The van der Waals surface area contributed by atoms with Crippen molar-refractivity contribution in [2.75, 3.05) is 44.9 Å². The van der Waals surface area contributed by atoms with Gasteiger partial charge < -0.3 is 24.0 Å². The molecule has 4 fully saturated rings. The topological polar surface area (TPSA) is 71.6 Å². The summed E-state index contributed by atoms with van der Waals surface area (Å²) < 4.78 is 30.3. The van der Waals surface area contributed by atoms with Crippen LogP contribution in [0.15, 0.2) is 18.2 Å². The molecule has 5 aliphatic heterocycles. The van der Waals surface area contributed by atoms with Gasteiger partial charge in [-0.2, -0.15) is 0 Å². The number of hydrogen-bond acceptors (Lipinski definition) is 6. The summed E-state index contributed by atoms with van der Waals surface area (Å²) in [6.07, 6.45) is 5.87. The molecule has 2 amide bonds. The van der Waals surface area contributed by atoms with E-state index in [1.54, 1.807) is 17.0 Å². The van der Waals surface area contributed by atoms with Crippen LogP contribution >= 0.6 is 0 Å². The van der Waals surface area contributed by atoms with Gasteiger partial charge in [-0.25, -0.2) is 14.0 Å². The largest absolute Gasteiger partial charge is 0.452 e. The lowest BCUT2D eigenvalue weighted by Gasteiger charge is -2.47. The molecular weight excluding hydrogens is 453 g/mol. The van der Waals surface area contributed by atoms with Crippen molar-refractivity contribution in [1.29, 1.82) is 0 Å². The van der Waals surface area contributed by atoms with E-state index in [2.05, 4.69) is 4.90 Å². The molecule has 1 aromatic carbocycles. The predicted octanol–water partition coefficient (Wildman–Crippen LogP) is 3.91. The van der Waals surface area contributed by atoms with Gasteiger partial charge in [0.1, 0.15) is 11.9 Å². The van der Waals surface area contributed by atoms with E-state index in [4.69, 9.17) is 14.2 Å². The van der Waals surface area contributed by atoms with Crippen LogP contribution in [0.5, 0.6) is 0 Å². The second-order valence-electron chi connectivity index (χ2n) is 10.8. The first-order valence-corrected chi connectivity index (χ1v) is 12.9. The van der Waals surface area contributed by atoms with Crippen LogP contribution in [0.1, 0.15) is 51.9 Å². The zero-order valence-electron chi connectivity index (χ0n) is 20.3. The molecule has 0 radical (unpaired) electrons. The molecule has 5 heterocycles. The van der Waals surface area contributed by atoms with E-state index < -0.39 is 6.09 Å². The number of hydrogen-bond donors (Lipinski definition) is 0. The average molecular weight is 490 g/mol. The first-order valence-electron chi connectivity index (χ1n) is 12.9. The number of amides is 2. The molecule has 35 heavy (non-hydrogen) atoms. The van der Waals surface area contributed by atoms with Gasteiger partial charge >= 0.3 is 12.2 Å². The highest BCUT2D eigenvalue weighted by atomic mass is 19.1. The van der Waals surface area contributed by atoms with E-state index in [-0.39, 0.29) is 36.9 Å². The lowest BCUT2D eigenvalue weighted by molar-refractivity contribution is 0.00971. The SMILES string of the molecule is COC(=O)N1CC2(CCN(C3CC4CCC(C3)N4C(=O)O[C@H]3CCOC3)CC2)c2cc(F)ccc21.[HH]. The molecule has 0 aliphatic carbocycles. The highest BCUT2D eigenvalue weighted by Gasteiger charge is 2.50. The predicted molar refractivity (Wildman–Crippen MR) is 128 cm³/mol. The maximum absolute atomic E-state index is 14.2. The number of carbonyl (C=O) groups is 2. The van der Waals surface area contributed by atoms with Crippen molar-refractivity contribution in [1.82, 2.24) is 9.80 Å². The molecule has 9 heteroatoms. The Bertz CT molecular complexity index is 984. The van der Waals surface area contributed by atoms with E-state index in [0.29, 0.717) is 25.8 Å². The summed E-state index contributed by atoms with van der Waals surface area (Å²) in [5.74, 6) is -0.266. The van der Waals surface area contributed by atoms with Crippen LogP contribution in [-0.2, 0) is 19.6 Å². The van der Waals surface area contributed by atoms with Gasteiger partial charge in [-0.1, -0.05) is 0 Å². The fourth-order valence-corrected chi connectivity index (χ4v) is 7.21. The highest BCUT2D eigenvalue weighted by Crippen LogP contribution is 2.48. The van der Waals surface area contributed by atoms with Gasteiger partial charge in [0.25, 0.3) is 0 Å². The Morgan fingerprint density at radius 2 is 1.83 bits per heavy atom. The number of ether oxygens (including phenoxy) is 3. The molecule has 1 aromatic rings. The van der Waals surface area contributed by atoms with Crippen molar-refractivity contribution in [2.45, 2.75) is 74.6 Å². The number of likely N-dealkylation sites (tertiary alicyclic amines) is 1. The standard InChI is InChI=1S/C26H34FN3O5.H2/c1-33-24(31)29-16-26(22-12-17(27)2-5-23(22)29)7-9-28(10-8-26)20-13-18-3-4-19(14-20)30(18)25(32)35-21-6-11-34-15-21;/h2,5,12,18-21H,3-4,6-11,13-16H2,1H3;1H/t18?,19?,20?,21-;/m0./s1. The first-order chi connectivity index (χ1) is 17.0. The lowest BCUT2D eigenvalue weighted by Crippen LogP contribution is -2.56. The zero-order chi connectivity index (χ0) is 24.2. The number of piperidine rings is 2. The summed E-state index contributed by atoms with van der Waals surface area (Å²) in [7, 11) is 1.39. The Morgan fingerprint density at radius 1 is 1.09 bits per heavy atom. The van der Waals surface area contributed by atoms with E-state index in [9.17, 15) is 14.0 Å². The molecule has 2 bridgehead atoms. The Hall–Kier alpha value is -2.39. The first kappa shape index (κ1) is 23.0. The number of rotatable bonds is 2. The second kappa shape index (κ2) is 8.92. The van der Waals surface area contributed by atoms with E-state index in [0.717, 1.165) is 69.3 Å². The Kier molecular flexibility index (Phi) is 5.87. The number of methoxy groups -OCH3 is 1. The van der Waals surface area contributed by atoms with Gasteiger partial charge in [-0.05, 0) is 75.4 Å². The molecule has 2 unspecified atom stereocenters. The number of halogens is 1. The fourth-order valence-electron chi connectivity index (χ4n) is 7.21. The lowest BCUT2D eigenvalue weighted by atomic mass is 9.73. The van der Waals surface area contributed by atoms with Gasteiger partial charge in [0.15, 0.2) is 0 Å². The van der Waals surface area contributed by atoms with Gasteiger partial charge in [0, 0.05) is 37.9 Å². The number of carbonyl (C=O) groups excluding carboxylic acids is 2. The van der Waals surface area contributed by atoms with E-state index >= 15 is 0 Å². The molecule has 6 rings (SSSR count). The molecule has 1 spiro atoms. The quantitative estimate of drug-likeness (QED) is 0.627. The Labute approximate surface area is 206 Å². The number of anilines is 1. The fraction of sp³-hybridized carbons (Fsp3) is 0.692. The van der Waals surface area contributed by atoms with Crippen molar-refractivity contribution in [3.8, 4) is 0 Å². The summed E-state index contributed by atoms with van der Waals surface area (Å²) in [4.78, 5) is 31.5. The second-order valence-corrected chi connectivity index (χ2v) is 10.8. The van der Waals surface area contributed by atoms with Crippen LogP contribution in [0.3, 0.4) is 0 Å². The molecule has 0 aromatic heterocycles. The summed E-state index contributed by atoms with van der Waals surface area (Å²) in [5, 5.41) is 0. The molecule has 4 saturated heterocycles. The van der Waals surface area contributed by atoms with Crippen LogP contribution in [0, 0.1) is 5.82 Å². The molecule has 5 aliphatic rings. The molecule has 0 N–H and O–H groups in total.